The van der Waals surface area contributed by atoms with Crippen LogP contribution in [0.5, 0.6) is 0 Å². The molecule has 0 saturated heterocycles. The maximum Gasteiger partial charge on any atom is 0.0314 e. The van der Waals surface area contributed by atoms with Gasteiger partial charge in [-0.25, -0.2) is 0 Å². The molecule has 1 heteroatoms. The van der Waals surface area contributed by atoms with Crippen molar-refractivity contribution in [3.63, 3.8) is 0 Å². The van der Waals surface area contributed by atoms with Gasteiger partial charge in [0, 0.05) is 5.69 Å². The number of nitrogens with two attached hydrogens (primary N) is 1. The largest absolute Gasteiger partial charge is 0.399 e. The average Bonchev–Trinajstić information content (AvgIpc) is 2.41. The van der Waals surface area contributed by atoms with Crippen molar-refractivity contribution in [3.8, 4) is 0 Å². The Morgan fingerprint density at radius 2 is 1.18 bits per heavy atom. The quantitative estimate of drug-likeness (QED) is 0.757. The first-order valence-electron chi connectivity index (χ1n) is 5.41. The van der Waals surface area contributed by atoms with E-state index in [2.05, 4.69) is 13.2 Å². The molecule has 0 spiro atoms. The smallest absolute Gasteiger partial charge is 0.0314 e. The fraction of sp³-hybridized carbons (Fsp3) is 0. The highest BCUT2D eigenvalue weighted by Gasteiger charge is 1.82. The minimum atomic E-state index is 0.792. The zero-order valence-corrected chi connectivity index (χ0v) is 9.84. The Morgan fingerprint density at radius 3 is 1.59 bits per heavy atom. The van der Waals surface area contributed by atoms with Gasteiger partial charge in [0.05, 0.1) is 0 Å². The Kier molecular flexibility index (Phi) is 5.32. The van der Waals surface area contributed by atoms with E-state index >= 15 is 0 Å². The normalized spacial score (nSPS) is 8.71. The standard InChI is InChI=1S/C8H9N.C8H8/c1-2-7-3-5-8(9)6-4-7;1-2-8-6-4-3-5-7-8/h2-6H,1,9H2;2-7H,1H2. The summed E-state index contributed by atoms with van der Waals surface area (Å²) in [6.45, 7) is 7.25. The summed E-state index contributed by atoms with van der Waals surface area (Å²) in [6.07, 6.45) is 3.62. The van der Waals surface area contributed by atoms with Crippen molar-refractivity contribution >= 4 is 17.8 Å². The maximum absolute atomic E-state index is 5.45. The predicted molar refractivity (Wildman–Crippen MR) is 77.5 cm³/mol. The summed E-state index contributed by atoms with van der Waals surface area (Å²) in [5.41, 5.74) is 8.51. The lowest BCUT2D eigenvalue weighted by Gasteiger charge is -1.91. The summed E-state index contributed by atoms with van der Waals surface area (Å²) in [4.78, 5) is 0. The van der Waals surface area contributed by atoms with Crippen LogP contribution in [0.15, 0.2) is 67.8 Å². The number of hydrogen-bond donors (Lipinski definition) is 1. The zero-order valence-electron chi connectivity index (χ0n) is 9.84. The molecule has 1 nitrogen and oxygen atoms in total. The van der Waals surface area contributed by atoms with Gasteiger partial charge in [0.25, 0.3) is 0 Å². The highest BCUT2D eigenvalue weighted by Crippen LogP contribution is 2.05. The van der Waals surface area contributed by atoms with Crippen molar-refractivity contribution in [2.24, 2.45) is 0 Å². The predicted octanol–water partition coefficient (Wildman–Crippen LogP) is 4.24. The Labute approximate surface area is 103 Å². The van der Waals surface area contributed by atoms with Gasteiger partial charge in [-0.1, -0.05) is 67.8 Å². The summed E-state index contributed by atoms with van der Waals surface area (Å²) >= 11 is 0. The molecule has 2 aromatic rings. The number of nitrogen functional groups attached to an aromatic ring is 1. The van der Waals surface area contributed by atoms with Crippen molar-refractivity contribution < 1.29 is 0 Å². The van der Waals surface area contributed by atoms with Gasteiger partial charge in [-0.15, -0.1) is 0 Å². The van der Waals surface area contributed by atoms with Crippen LogP contribution in [0.25, 0.3) is 12.2 Å². The molecule has 0 aliphatic heterocycles. The highest BCUT2D eigenvalue weighted by molar-refractivity contribution is 5.51. The zero-order chi connectivity index (χ0) is 12.5. The second-order valence-electron chi connectivity index (χ2n) is 3.49. The third-order valence-electron chi connectivity index (χ3n) is 2.21. The van der Waals surface area contributed by atoms with Crippen LogP contribution in [0.4, 0.5) is 5.69 Å². The molecule has 0 unspecified atom stereocenters. The molecule has 2 aromatic carbocycles. The third-order valence-corrected chi connectivity index (χ3v) is 2.21. The van der Waals surface area contributed by atoms with Gasteiger partial charge in [-0.2, -0.15) is 0 Å². The molecule has 0 aromatic heterocycles. The summed E-state index contributed by atoms with van der Waals surface area (Å²) < 4.78 is 0. The van der Waals surface area contributed by atoms with Crippen LogP contribution in [0.3, 0.4) is 0 Å². The van der Waals surface area contributed by atoms with Crippen LogP contribution in [0.2, 0.25) is 0 Å². The molecule has 0 amide bonds. The Morgan fingerprint density at radius 1 is 0.706 bits per heavy atom. The fourth-order valence-electron chi connectivity index (χ4n) is 1.22. The third kappa shape index (κ3) is 4.85. The van der Waals surface area contributed by atoms with Gasteiger partial charge in [0.15, 0.2) is 0 Å². The number of hydrogen-bond acceptors (Lipinski definition) is 1. The number of rotatable bonds is 2. The lowest BCUT2D eigenvalue weighted by Crippen LogP contribution is -1.81. The minimum absolute atomic E-state index is 0.792. The summed E-state index contributed by atoms with van der Waals surface area (Å²) in [5.74, 6) is 0. The van der Waals surface area contributed by atoms with E-state index in [0.29, 0.717) is 0 Å². The van der Waals surface area contributed by atoms with Crippen molar-refractivity contribution in [2.75, 3.05) is 5.73 Å². The molecule has 86 valence electrons. The molecule has 0 radical (unpaired) electrons. The van der Waals surface area contributed by atoms with Crippen molar-refractivity contribution in [3.05, 3.63) is 78.9 Å². The van der Waals surface area contributed by atoms with Crippen LogP contribution in [-0.4, -0.2) is 0 Å². The van der Waals surface area contributed by atoms with Crippen LogP contribution >= 0.6 is 0 Å². The maximum atomic E-state index is 5.45. The second kappa shape index (κ2) is 7.07. The molecule has 0 aliphatic rings. The van der Waals surface area contributed by atoms with Gasteiger partial charge in [-0.3, -0.25) is 0 Å². The van der Waals surface area contributed by atoms with Gasteiger partial charge >= 0.3 is 0 Å². The fourth-order valence-corrected chi connectivity index (χ4v) is 1.22. The molecule has 0 aliphatic carbocycles. The van der Waals surface area contributed by atoms with E-state index in [-0.39, 0.29) is 0 Å². The molecule has 0 atom stereocenters. The average molecular weight is 223 g/mol. The Bertz CT molecular complexity index is 455. The minimum Gasteiger partial charge on any atom is -0.399 e. The van der Waals surface area contributed by atoms with Gasteiger partial charge in [-0.05, 0) is 23.3 Å². The van der Waals surface area contributed by atoms with E-state index in [0.717, 1.165) is 11.3 Å². The molecule has 2 N–H and O–H groups in total. The van der Waals surface area contributed by atoms with Crippen LogP contribution in [-0.2, 0) is 0 Å². The first-order chi connectivity index (χ1) is 8.26. The first-order valence-corrected chi connectivity index (χ1v) is 5.41. The van der Waals surface area contributed by atoms with Crippen LogP contribution in [0.1, 0.15) is 11.1 Å². The van der Waals surface area contributed by atoms with Crippen LogP contribution in [0, 0.1) is 0 Å². The topological polar surface area (TPSA) is 26.0 Å². The van der Waals surface area contributed by atoms with E-state index in [1.165, 1.54) is 5.56 Å². The lowest BCUT2D eigenvalue weighted by atomic mass is 10.2. The van der Waals surface area contributed by atoms with Gasteiger partial charge in [0.1, 0.15) is 0 Å². The molecule has 17 heavy (non-hydrogen) atoms. The molecular weight excluding hydrogens is 206 g/mol. The van der Waals surface area contributed by atoms with E-state index in [1.807, 2.05) is 60.7 Å². The van der Waals surface area contributed by atoms with Crippen molar-refractivity contribution in [2.45, 2.75) is 0 Å². The molecule has 0 fully saturated rings. The summed E-state index contributed by atoms with van der Waals surface area (Å²) in [6, 6.07) is 17.6. The second-order valence-corrected chi connectivity index (χ2v) is 3.49. The Hall–Kier alpha value is -2.28. The molecular formula is C16H17N. The van der Waals surface area contributed by atoms with Gasteiger partial charge in [0.2, 0.25) is 0 Å². The van der Waals surface area contributed by atoms with Crippen LogP contribution < -0.4 is 5.73 Å². The summed E-state index contributed by atoms with van der Waals surface area (Å²) in [5, 5.41) is 0. The number of anilines is 1. The molecule has 0 bridgehead atoms. The monoisotopic (exact) mass is 223 g/mol. The number of benzene rings is 2. The lowest BCUT2D eigenvalue weighted by molar-refractivity contribution is 1.65. The van der Waals surface area contributed by atoms with Crippen molar-refractivity contribution in [1.82, 2.24) is 0 Å². The van der Waals surface area contributed by atoms with Gasteiger partial charge < -0.3 is 5.73 Å². The van der Waals surface area contributed by atoms with Crippen molar-refractivity contribution in [1.29, 1.82) is 0 Å². The molecule has 0 heterocycles. The summed E-state index contributed by atoms with van der Waals surface area (Å²) in [7, 11) is 0. The Balaban J connectivity index is 0.000000171. The van der Waals surface area contributed by atoms with E-state index < -0.39 is 0 Å². The SMILES string of the molecule is C=Cc1ccc(N)cc1.C=Cc1ccccc1. The van der Waals surface area contributed by atoms with E-state index in [4.69, 9.17) is 5.73 Å². The molecule has 0 saturated carbocycles. The van der Waals surface area contributed by atoms with E-state index in [1.54, 1.807) is 6.08 Å². The highest BCUT2D eigenvalue weighted by atomic mass is 14.5. The van der Waals surface area contributed by atoms with E-state index in [9.17, 15) is 0 Å². The molecule has 2 rings (SSSR count). The first kappa shape index (κ1) is 12.8.